The van der Waals surface area contributed by atoms with Gasteiger partial charge in [-0.05, 0) is 23.6 Å². The number of Topliss-reactive ketones (excluding diaryl/α,β-unsaturated/α-hetero) is 1. The zero-order chi connectivity index (χ0) is 17.8. The number of nitrogens with one attached hydrogen (secondary N) is 1. The van der Waals surface area contributed by atoms with Gasteiger partial charge in [-0.15, -0.1) is 0 Å². The van der Waals surface area contributed by atoms with Crippen molar-refractivity contribution in [2.45, 2.75) is 55.4 Å². The van der Waals surface area contributed by atoms with Gasteiger partial charge in [0.25, 0.3) is 0 Å². The number of benzene rings is 1. The van der Waals surface area contributed by atoms with Crippen molar-refractivity contribution in [3.8, 4) is 0 Å². The first-order chi connectivity index (χ1) is 11.0. The van der Waals surface area contributed by atoms with E-state index in [4.69, 9.17) is 0 Å². The van der Waals surface area contributed by atoms with Gasteiger partial charge in [0.05, 0.1) is 0 Å². The molecule has 2 nitrogen and oxygen atoms in total. The molecule has 2 aromatic rings. The third kappa shape index (κ3) is 2.84. The summed E-state index contributed by atoms with van der Waals surface area (Å²) in [5.74, 6) is 0.180. The van der Waals surface area contributed by atoms with Gasteiger partial charge in [0.15, 0.2) is 5.78 Å². The van der Waals surface area contributed by atoms with E-state index in [9.17, 15) is 4.79 Å². The van der Waals surface area contributed by atoms with Crippen LogP contribution in [0.1, 0.15) is 57.6 Å². The standard InChI is InChI=1S/C20H25NOS2/c1-18(2,3)17(22)13-11-16(21-12-13)20(19(4,5)6)23-14-9-7-8-10-15(14)24-20/h7-12,21H,1-6H3. The molecule has 0 saturated heterocycles. The van der Waals surface area contributed by atoms with E-state index in [2.05, 4.69) is 56.1 Å². The number of aromatic nitrogens is 1. The number of H-pyrrole nitrogens is 1. The molecular weight excluding hydrogens is 334 g/mol. The van der Waals surface area contributed by atoms with E-state index in [1.165, 1.54) is 9.79 Å². The molecule has 0 aliphatic carbocycles. The van der Waals surface area contributed by atoms with Crippen LogP contribution in [0, 0.1) is 10.8 Å². The zero-order valence-electron chi connectivity index (χ0n) is 15.2. The van der Waals surface area contributed by atoms with Gasteiger partial charge >= 0.3 is 0 Å². The third-order valence-electron chi connectivity index (χ3n) is 4.32. The number of ketones is 1. The molecule has 2 heterocycles. The second-order valence-corrected chi connectivity index (χ2v) is 11.2. The molecule has 0 amide bonds. The summed E-state index contributed by atoms with van der Waals surface area (Å²) in [7, 11) is 0. The quantitative estimate of drug-likeness (QED) is 0.635. The fraction of sp³-hybridized carbons (Fsp3) is 0.450. The lowest BCUT2D eigenvalue weighted by Gasteiger charge is -2.39. The number of carbonyl (C=O) groups is 1. The molecular formula is C20H25NOS2. The van der Waals surface area contributed by atoms with Crippen molar-refractivity contribution < 1.29 is 4.79 Å². The summed E-state index contributed by atoms with van der Waals surface area (Å²) < 4.78 is -0.160. The van der Waals surface area contributed by atoms with E-state index in [1.54, 1.807) is 0 Å². The van der Waals surface area contributed by atoms with E-state index in [1.807, 2.05) is 50.5 Å². The largest absolute Gasteiger partial charge is 0.362 e. The van der Waals surface area contributed by atoms with E-state index in [-0.39, 0.29) is 20.7 Å². The molecule has 0 radical (unpaired) electrons. The normalized spacial score (nSPS) is 16.9. The maximum absolute atomic E-state index is 12.6. The smallest absolute Gasteiger partial charge is 0.169 e. The molecule has 1 aliphatic rings. The van der Waals surface area contributed by atoms with Crippen LogP contribution in [-0.4, -0.2) is 10.8 Å². The minimum Gasteiger partial charge on any atom is -0.362 e. The molecule has 0 bridgehead atoms. The van der Waals surface area contributed by atoms with Crippen LogP contribution in [0.25, 0.3) is 0 Å². The molecule has 0 spiro atoms. The van der Waals surface area contributed by atoms with Gasteiger partial charge in [-0.3, -0.25) is 4.79 Å². The fourth-order valence-electron chi connectivity index (χ4n) is 2.92. The third-order valence-corrected chi connectivity index (χ3v) is 8.35. The highest BCUT2D eigenvalue weighted by atomic mass is 32.2. The lowest BCUT2D eigenvalue weighted by atomic mass is 9.86. The Morgan fingerprint density at radius 1 is 1.00 bits per heavy atom. The van der Waals surface area contributed by atoms with Gasteiger partial charge in [0, 0.05) is 32.7 Å². The van der Waals surface area contributed by atoms with Crippen LogP contribution in [-0.2, 0) is 4.08 Å². The number of hydrogen-bond donors (Lipinski definition) is 1. The monoisotopic (exact) mass is 359 g/mol. The highest BCUT2D eigenvalue weighted by Crippen LogP contribution is 2.68. The molecule has 1 aromatic carbocycles. The first-order valence-electron chi connectivity index (χ1n) is 8.25. The van der Waals surface area contributed by atoms with Crippen LogP contribution in [0.2, 0.25) is 0 Å². The Balaban J connectivity index is 2.05. The van der Waals surface area contributed by atoms with E-state index >= 15 is 0 Å². The molecule has 128 valence electrons. The Kier molecular flexibility index (Phi) is 4.20. The molecule has 0 unspecified atom stereocenters. The van der Waals surface area contributed by atoms with E-state index < -0.39 is 0 Å². The van der Waals surface area contributed by atoms with Crippen molar-refractivity contribution in [1.82, 2.24) is 4.98 Å². The second kappa shape index (κ2) is 5.70. The number of fused-ring (bicyclic) bond motifs is 1. The summed E-state index contributed by atoms with van der Waals surface area (Å²) in [5.41, 5.74) is 1.55. The highest BCUT2D eigenvalue weighted by Gasteiger charge is 2.51. The second-order valence-electron chi connectivity index (χ2n) is 8.40. The molecule has 24 heavy (non-hydrogen) atoms. The van der Waals surface area contributed by atoms with Gasteiger partial charge in [0.2, 0.25) is 0 Å². The molecule has 4 heteroatoms. The molecule has 1 aliphatic heterocycles. The maximum Gasteiger partial charge on any atom is 0.169 e. The lowest BCUT2D eigenvalue weighted by molar-refractivity contribution is 0.0858. The molecule has 0 atom stereocenters. The van der Waals surface area contributed by atoms with Crippen molar-refractivity contribution in [1.29, 1.82) is 0 Å². The van der Waals surface area contributed by atoms with Crippen LogP contribution in [0.15, 0.2) is 46.3 Å². The number of thioether (sulfide) groups is 2. The van der Waals surface area contributed by atoms with Gasteiger partial charge < -0.3 is 4.98 Å². The predicted molar refractivity (Wildman–Crippen MR) is 104 cm³/mol. The predicted octanol–water partition coefficient (Wildman–Crippen LogP) is 6.34. The minimum absolute atomic E-state index is 0.0221. The summed E-state index contributed by atoms with van der Waals surface area (Å²) in [4.78, 5) is 18.7. The SMILES string of the molecule is CC(C)(C)C(=O)c1c[nH]c(C2(C(C)(C)C)Sc3ccccc3S2)c1. The van der Waals surface area contributed by atoms with E-state index in [0.29, 0.717) is 0 Å². The highest BCUT2D eigenvalue weighted by molar-refractivity contribution is 8.20. The molecule has 3 rings (SSSR count). The zero-order valence-corrected chi connectivity index (χ0v) is 16.8. The summed E-state index contributed by atoms with van der Waals surface area (Å²) in [6.07, 6.45) is 1.88. The Bertz CT molecular complexity index is 752. The van der Waals surface area contributed by atoms with Gasteiger partial charge in [-0.1, -0.05) is 77.2 Å². The van der Waals surface area contributed by atoms with Gasteiger partial charge in [0.1, 0.15) is 4.08 Å². The van der Waals surface area contributed by atoms with Crippen LogP contribution >= 0.6 is 23.5 Å². The number of carbonyl (C=O) groups excluding carboxylic acids is 1. The Labute approximate surface area is 153 Å². The molecule has 1 N–H and O–H groups in total. The number of aromatic amines is 1. The van der Waals surface area contributed by atoms with Crippen molar-refractivity contribution in [3.63, 3.8) is 0 Å². The summed E-state index contributed by atoms with van der Waals surface area (Å²) in [5, 5.41) is 0. The van der Waals surface area contributed by atoms with Crippen LogP contribution in [0.3, 0.4) is 0 Å². The molecule has 1 aromatic heterocycles. The fourth-order valence-corrected chi connectivity index (χ4v) is 6.19. The first kappa shape index (κ1) is 17.7. The van der Waals surface area contributed by atoms with Crippen LogP contribution in [0.5, 0.6) is 0 Å². The Morgan fingerprint density at radius 2 is 1.54 bits per heavy atom. The molecule has 0 fully saturated rings. The van der Waals surface area contributed by atoms with Crippen LogP contribution < -0.4 is 0 Å². The first-order valence-corrected chi connectivity index (χ1v) is 9.89. The van der Waals surface area contributed by atoms with Crippen LogP contribution in [0.4, 0.5) is 0 Å². The topological polar surface area (TPSA) is 32.9 Å². The Morgan fingerprint density at radius 3 is 2.00 bits per heavy atom. The average molecular weight is 360 g/mol. The van der Waals surface area contributed by atoms with Crippen molar-refractivity contribution >= 4 is 29.3 Å². The lowest BCUT2D eigenvalue weighted by Crippen LogP contribution is -2.32. The van der Waals surface area contributed by atoms with Gasteiger partial charge in [-0.2, -0.15) is 0 Å². The summed E-state index contributed by atoms with van der Waals surface area (Å²) >= 11 is 3.79. The average Bonchev–Trinajstić information content (AvgIpc) is 3.09. The summed E-state index contributed by atoms with van der Waals surface area (Å²) in [6.45, 7) is 12.7. The van der Waals surface area contributed by atoms with E-state index in [0.717, 1.165) is 11.3 Å². The Hall–Kier alpha value is -1.13. The van der Waals surface area contributed by atoms with Crippen molar-refractivity contribution in [3.05, 3.63) is 47.8 Å². The molecule has 0 saturated carbocycles. The number of hydrogen-bond acceptors (Lipinski definition) is 3. The number of rotatable bonds is 2. The maximum atomic E-state index is 12.6. The van der Waals surface area contributed by atoms with Crippen molar-refractivity contribution in [2.24, 2.45) is 10.8 Å². The summed E-state index contributed by atoms with van der Waals surface area (Å²) in [6, 6.07) is 10.6. The minimum atomic E-state index is -0.368. The van der Waals surface area contributed by atoms with Crippen molar-refractivity contribution in [2.75, 3.05) is 0 Å². The van der Waals surface area contributed by atoms with Gasteiger partial charge in [-0.25, -0.2) is 0 Å².